The highest BCUT2D eigenvalue weighted by Crippen LogP contribution is 2.25. The van der Waals surface area contributed by atoms with Crippen LogP contribution in [0.25, 0.3) is 0 Å². The third-order valence-corrected chi connectivity index (χ3v) is 5.73. The molecule has 12 heteroatoms. The molecular weight excluding hydrogens is 392 g/mol. The predicted octanol–water partition coefficient (Wildman–Crippen LogP) is 0.703. The minimum absolute atomic E-state index is 0.0267. The highest BCUT2D eigenvalue weighted by molar-refractivity contribution is 7.89. The molecule has 1 aromatic rings. The molecule has 11 nitrogen and oxygen atoms in total. The molecule has 1 saturated heterocycles. The number of aryl methyl sites for hydroxylation is 1. The molecule has 1 fully saturated rings. The molecule has 1 aliphatic rings. The van der Waals surface area contributed by atoms with Gasteiger partial charge in [0.1, 0.15) is 4.92 Å². The summed E-state index contributed by atoms with van der Waals surface area (Å²) in [4.78, 5) is 23.2. The Hall–Kier alpha value is -2.15. The molecule has 2 rings (SSSR count). The van der Waals surface area contributed by atoms with Crippen LogP contribution in [0.1, 0.15) is 25.8 Å². The molecule has 0 aliphatic carbocycles. The maximum absolute atomic E-state index is 12.3. The highest BCUT2D eigenvalue weighted by Gasteiger charge is 2.64. The molecule has 0 radical (unpaired) electrons. The summed E-state index contributed by atoms with van der Waals surface area (Å²) in [6.07, 6.45) is 0.241. The molecule has 156 valence electrons. The average Bonchev–Trinajstić information content (AvgIpc) is 2.61. The summed E-state index contributed by atoms with van der Waals surface area (Å²) in [6.45, 7) is 4.25. The summed E-state index contributed by atoms with van der Waals surface area (Å²) >= 11 is 0. The number of nitrogens with one attached hydrogen (secondary N) is 2. The van der Waals surface area contributed by atoms with Crippen LogP contribution in [0.2, 0.25) is 0 Å². The van der Waals surface area contributed by atoms with Crippen molar-refractivity contribution in [2.24, 2.45) is 0 Å². The number of benzene rings is 1. The van der Waals surface area contributed by atoms with Gasteiger partial charge in [-0.2, -0.15) is 0 Å². The van der Waals surface area contributed by atoms with Crippen LogP contribution in [0.5, 0.6) is 0 Å². The van der Waals surface area contributed by atoms with Crippen molar-refractivity contribution < 1.29 is 27.7 Å². The van der Waals surface area contributed by atoms with Gasteiger partial charge in [-0.1, -0.05) is 17.7 Å². The fourth-order valence-corrected chi connectivity index (χ4v) is 3.46. The van der Waals surface area contributed by atoms with Gasteiger partial charge in [0.05, 0.1) is 16.3 Å². The second-order valence-corrected chi connectivity index (χ2v) is 8.75. The summed E-state index contributed by atoms with van der Waals surface area (Å²) in [6, 6.07) is 6.39. The minimum atomic E-state index is -3.65. The van der Waals surface area contributed by atoms with Crippen molar-refractivity contribution >= 4 is 10.0 Å². The second-order valence-electron chi connectivity index (χ2n) is 6.98. The van der Waals surface area contributed by atoms with Gasteiger partial charge >= 0.3 is 5.66 Å². The third kappa shape index (κ3) is 5.22. The van der Waals surface area contributed by atoms with Crippen LogP contribution in [0.15, 0.2) is 29.2 Å². The molecule has 0 amide bonds. The van der Waals surface area contributed by atoms with Crippen LogP contribution in [-0.2, 0) is 19.5 Å². The van der Waals surface area contributed by atoms with E-state index in [0.717, 1.165) is 5.56 Å². The highest BCUT2D eigenvalue weighted by atomic mass is 32.2. The van der Waals surface area contributed by atoms with Crippen LogP contribution in [0, 0.1) is 21.9 Å². The largest absolute Gasteiger partial charge is 0.522 e. The minimum Gasteiger partial charge on any atom is -0.335 e. The number of hydrazine groups is 1. The number of nitro groups is 1. The Morgan fingerprint density at radius 2 is 1.68 bits per heavy atom. The maximum Gasteiger partial charge on any atom is 0.522 e. The third-order valence-electron chi connectivity index (χ3n) is 4.25. The molecule has 0 atom stereocenters. The lowest BCUT2D eigenvalue weighted by Crippen LogP contribution is -2.64. The van der Waals surface area contributed by atoms with E-state index in [0.29, 0.717) is 0 Å². The van der Waals surface area contributed by atoms with Crippen molar-refractivity contribution in [3.63, 3.8) is 0 Å². The monoisotopic (exact) mass is 417 g/mol. The lowest BCUT2D eigenvalue weighted by atomic mass is 10.2. The second kappa shape index (κ2) is 8.47. The standard InChI is InChI=1S/C16H25N4O7S/c1-13-5-7-14(8-6-13)28(24,25)18-10-4-9-17-19(21)16(20(22)23)11-26-15(2,3)27-12-16/h5-8,18H,4,9-12H2,1-3H3,(H,17,21)/q+1. The molecule has 2 N–H and O–H groups in total. The number of sulfonamides is 1. The summed E-state index contributed by atoms with van der Waals surface area (Å²) in [5.74, 6) is -1.01. The van der Waals surface area contributed by atoms with Crippen LogP contribution >= 0.6 is 0 Å². The number of rotatable bonds is 9. The van der Waals surface area contributed by atoms with Gasteiger partial charge in [-0.25, -0.2) is 13.1 Å². The predicted molar refractivity (Wildman–Crippen MR) is 98.3 cm³/mol. The zero-order chi connectivity index (χ0) is 21.0. The van der Waals surface area contributed by atoms with Gasteiger partial charge in [0, 0.05) is 6.54 Å². The van der Waals surface area contributed by atoms with E-state index in [2.05, 4.69) is 10.1 Å². The quantitative estimate of drug-likeness (QED) is 0.197. The van der Waals surface area contributed by atoms with Crippen molar-refractivity contribution in [2.75, 3.05) is 26.3 Å². The molecule has 0 bridgehead atoms. The number of nitroso groups, excluding NO2 is 1. The van der Waals surface area contributed by atoms with Crippen molar-refractivity contribution in [1.29, 1.82) is 0 Å². The molecule has 0 saturated carbocycles. The van der Waals surface area contributed by atoms with E-state index in [1.165, 1.54) is 12.1 Å². The van der Waals surface area contributed by atoms with Gasteiger partial charge in [0.15, 0.2) is 23.9 Å². The topological polar surface area (TPSA) is 140 Å². The van der Waals surface area contributed by atoms with Gasteiger partial charge in [0.25, 0.3) is 0 Å². The Balaban J connectivity index is 1.83. The molecular formula is C16H25N4O7S+. The van der Waals surface area contributed by atoms with E-state index in [1.807, 2.05) is 6.92 Å². The molecule has 1 aliphatic heterocycles. The van der Waals surface area contributed by atoms with Gasteiger partial charge in [0.2, 0.25) is 10.0 Å². The lowest BCUT2D eigenvalue weighted by Gasteiger charge is -2.32. The maximum atomic E-state index is 12.3. The van der Waals surface area contributed by atoms with Gasteiger partial charge in [-0.3, -0.25) is 10.1 Å². The number of hydrogen-bond acceptors (Lipinski definition) is 7. The van der Waals surface area contributed by atoms with Crippen molar-refractivity contribution in [3.05, 3.63) is 44.9 Å². The first-order valence-corrected chi connectivity index (χ1v) is 10.2. The Bertz CT molecular complexity index is 814. The molecule has 28 heavy (non-hydrogen) atoms. The Morgan fingerprint density at radius 3 is 2.21 bits per heavy atom. The Kier molecular flexibility index (Phi) is 6.70. The summed E-state index contributed by atoms with van der Waals surface area (Å²) in [5, 5.41) is 11.4. The summed E-state index contributed by atoms with van der Waals surface area (Å²) < 4.78 is 37.3. The first-order valence-electron chi connectivity index (χ1n) is 8.68. The number of hydrogen-bond donors (Lipinski definition) is 2. The Labute approximate surface area is 163 Å². The van der Waals surface area contributed by atoms with Crippen LogP contribution in [0.3, 0.4) is 0 Å². The van der Waals surface area contributed by atoms with Gasteiger partial charge in [-0.15, -0.1) is 5.43 Å². The fraction of sp³-hybridized carbons (Fsp3) is 0.625. The molecule has 0 unspecified atom stereocenters. The van der Waals surface area contributed by atoms with E-state index in [9.17, 15) is 23.4 Å². The van der Waals surface area contributed by atoms with E-state index in [-0.39, 0.29) is 29.3 Å². The smallest absolute Gasteiger partial charge is 0.335 e. The molecule has 1 aromatic carbocycles. The SMILES string of the molecule is Cc1ccc(S(=O)(=O)NCCCN[N+](=O)C2([N+](=O)[O-])COC(C)(C)OC2)cc1. The van der Waals surface area contributed by atoms with Crippen LogP contribution < -0.4 is 10.1 Å². The van der Waals surface area contributed by atoms with Gasteiger partial charge in [-0.05, 0) is 39.3 Å². The lowest BCUT2D eigenvalue weighted by molar-refractivity contribution is -0.858. The zero-order valence-corrected chi connectivity index (χ0v) is 16.8. The Morgan fingerprint density at radius 1 is 1.11 bits per heavy atom. The first-order chi connectivity index (χ1) is 13.0. The molecule has 0 aromatic heterocycles. The van der Waals surface area contributed by atoms with Crippen molar-refractivity contribution in [3.8, 4) is 0 Å². The van der Waals surface area contributed by atoms with E-state index >= 15 is 0 Å². The zero-order valence-electron chi connectivity index (χ0n) is 16.0. The first kappa shape index (κ1) is 22.1. The van der Waals surface area contributed by atoms with Crippen molar-refractivity contribution in [1.82, 2.24) is 10.1 Å². The molecule has 0 spiro atoms. The summed E-state index contributed by atoms with van der Waals surface area (Å²) in [5.41, 5.74) is 1.22. The van der Waals surface area contributed by atoms with E-state index in [4.69, 9.17) is 9.47 Å². The van der Waals surface area contributed by atoms with E-state index in [1.54, 1.807) is 26.0 Å². The number of nitrogens with zero attached hydrogens (tertiary/aromatic N) is 2. The van der Waals surface area contributed by atoms with E-state index < -0.39 is 39.6 Å². The fourth-order valence-electron chi connectivity index (χ4n) is 2.38. The molecule has 1 heterocycles. The van der Waals surface area contributed by atoms with Crippen LogP contribution in [0.4, 0.5) is 0 Å². The summed E-state index contributed by atoms with van der Waals surface area (Å²) in [7, 11) is -3.65. The average molecular weight is 417 g/mol. The van der Waals surface area contributed by atoms with Crippen molar-refractivity contribution in [2.45, 2.75) is 43.5 Å². The van der Waals surface area contributed by atoms with Gasteiger partial charge < -0.3 is 9.47 Å². The van der Waals surface area contributed by atoms with Crippen LogP contribution in [-0.4, -0.2) is 56.0 Å². The normalized spacial score (nSPS) is 18.4. The number of ether oxygens (including phenoxy) is 2.